The van der Waals surface area contributed by atoms with Crippen LogP contribution in [0.4, 0.5) is 0 Å². The highest BCUT2D eigenvalue weighted by Crippen LogP contribution is 2.00. The minimum atomic E-state index is -0.0416. The lowest BCUT2D eigenvalue weighted by molar-refractivity contribution is -0.102. The summed E-state index contributed by atoms with van der Waals surface area (Å²) in [4.78, 5) is 4.51. The van der Waals surface area contributed by atoms with Crippen molar-refractivity contribution in [2.24, 2.45) is 0 Å². The second-order valence-corrected chi connectivity index (χ2v) is 2.84. The largest absolute Gasteiger partial charge is 0.762 e. The lowest BCUT2D eigenvalue weighted by Crippen LogP contribution is -2.13. The average molecular weight is 216 g/mol. The molecule has 0 saturated heterocycles. The molecule has 7 heavy (non-hydrogen) atoms. The molecular formula is C3H7INO2-. The average Bonchev–Trinajstić information content (AvgIpc) is 1.27. The van der Waals surface area contributed by atoms with Crippen LogP contribution in [0, 0.1) is 5.21 Å². The van der Waals surface area contributed by atoms with E-state index in [4.69, 9.17) is 0 Å². The van der Waals surface area contributed by atoms with Gasteiger partial charge in [-0.25, -0.2) is 0 Å². The number of hydrogen-bond acceptors (Lipinski definition) is 3. The van der Waals surface area contributed by atoms with Crippen molar-refractivity contribution in [2.45, 2.75) is 11.0 Å². The van der Waals surface area contributed by atoms with E-state index in [1.54, 1.807) is 6.92 Å². The van der Waals surface area contributed by atoms with Gasteiger partial charge in [0.25, 0.3) is 0 Å². The molecule has 0 aliphatic carbocycles. The summed E-state index contributed by atoms with van der Waals surface area (Å²) >= 11 is 1.99. The highest BCUT2D eigenvalue weighted by atomic mass is 127. The fourth-order valence-electron chi connectivity index (χ4n) is 0.205. The SMILES string of the molecule is C[C@@H](I)ON(C)[O-]. The first kappa shape index (κ1) is 7.61. The Morgan fingerprint density at radius 3 is 2.29 bits per heavy atom. The van der Waals surface area contributed by atoms with Gasteiger partial charge in [-0.2, -0.15) is 0 Å². The van der Waals surface area contributed by atoms with Crippen LogP contribution in [0.3, 0.4) is 0 Å². The number of hydroxylamine groups is 2. The topological polar surface area (TPSA) is 35.5 Å². The summed E-state index contributed by atoms with van der Waals surface area (Å²) in [6, 6.07) is 0. The molecule has 0 bridgehead atoms. The van der Waals surface area contributed by atoms with Crippen molar-refractivity contribution in [2.75, 3.05) is 7.05 Å². The summed E-state index contributed by atoms with van der Waals surface area (Å²) in [6.07, 6.45) is 0. The smallest absolute Gasteiger partial charge is 0.126 e. The van der Waals surface area contributed by atoms with Crippen molar-refractivity contribution in [1.29, 1.82) is 0 Å². The van der Waals surface area contributed by atoms with Crippen molar-refractivity contribution in [3.05, 3.63) is 5.21 Å². The van der Waals surface area contributed by atoms with Crippen molar-refractivity contribution >= 4 is 22.6 Å². The van der Waals surface area contributed by atoms with E-state index in [0.29, 0.717) is 5.23 Å². The molecule has 0 aromatic carbocycles. The first-order valence-electron chi connectivity index (χ1n) is 1.84. The van der Waals surface area contributed by atoms with Crippen molar-refractivity contribution < 1.29 is 4.84 Å². The van der Waals surface area contributed by atoms with Gasteiger partial charge in [0, 0.05) is 0 Å². The molecule has 0 N–H and O–H groups in total. The van der Waals surface area contributed by atoms with E-state index in [2.05, 4.69) is 4.84 Å². The van der Waals surface area contributed by atoms with E-state index in [9.17, 15) is 5.21 Å². The van der Waals surface area contributed by atoms with Crippen LogP contribution in [-0.4, -0.2) is 16.4 Å². The summed E-state index contributed by atoms with van der Waals surface area (Å²) in [5.41, 5.74) is 0. The molecule has 0 amide bonds. The highest BCUT2D eigenvalue weighted by molar-refractivity contribution is 14.1. The molecule has 0 fully saturated rings. The van der Waals surface area contributed by atoms with Crippen LogP contribution in [0.5, 0.6) is 0 Å². The Balaban J connectivity index is 2.95. The maximum Gasteiger partial charge on any atom is 0.126 e. The molecule has 0 saturated carbocycles. The van der Waals surface area contributed by atoms with Gasteiger partial charge in [-0.3, -0.25) is 10.1 Å². The third-order valence-corrected chi connectivity index (χ3v) is 0.521. The van der Waals surface area contributed by atoms with Crippen LogP contribution in [0.2, 0.25) is 0 Å². The lowest BCUT2D eigenvalue weighted by Gasteiger charge is -2.22. The minimum absolute atomic E-state index is 0.0416. The Morgan fingerprint density at radius 2 is 2.29 bits per heavy atom. The van der Waals surface area contributed by atoms with Gasteiger partial charge in [-0.1, -0.05) is 0 Å². The van der Waals surface area contributed by atoms with Gasteiger partial charge in [0.15, 0.2) is 0 Å². The first-order valence-corrected chi connectivity index (χ1v) is 3.09. The summed E-state index contributed by atoms with van der Waals surface area (Å²) in [7, 11) is 1.31. The van der Waals surface area contributed by atoms with Crippen LogP contribution < -0.4 is 0 Å². The maximum absolute atomic E-state index is 9.94. The van der Waals surface area contributed by atoms with Gasteiger partial charge in [-0.05, 0) is 36.6 Å². The zero-order valence-corrected chi connectivity index (χ0v) is 6.38. The molecular weight excluding hydrogens is 209 g/mol. The predicted octanol–water partition coefficient (Wildman–Crippen LogP) is 1.13. The lowest BCUT2D eigenvalue weighted by atomic mass is 10.9. The molecule has 0 aromatic heterocycles. The first-order chi connectivity index (χ1) is 3.13. The second kappa shape index (κ2) is 3.59. The highest BCUT2D eigenvalue weighted by Gasteiger charge is 1.89. The Hall–Kier alpha value is 0.610. The molecule has 0 aliphatic heterocycles. The molecule has 3 nitrogen and oxygen atoms in total. The predicted molar refractivity (Wildman–Crippen MR) is 35.7 cm³/mol. The molecule has 0 radical (unpaired) electrons. The zero-order valence-electron chi connectivity index (χ0n) is 4.22. The molecule has 44 valence electrons. The summed E-state index contributed by atoms with van der Waals surface area (Å²) in [5, 5.41) is 10.4. The fourth-order valence-corrected chi connectivity index (χ4v) is 0.525. The van der Waals surface area contributed by atoms with E-state index in [1.165, 1.54) is 7.05 Å². The minimum Gasteiger partial charge on any atom is -0.762 e. The van der Waals surface area contributed by atoms with Gasteiger partial charge in [0.1, 0.15) is 4.11 Å². The molecule has 0 aromatic rings. The van der Waals surface area contributed by atoms with Gasteiger partial charge in [0.05, 0.1) is 0 Å². The van der Waals surface area contributed by atoms with Crippen LogP contribution in [0.15, 0.2) is 0 Å². The number of rotatable bonds is 2. The zero-order chi connectivity index (χ0) is 5.86. The van der Waals surface area contributed by atoms with E-state index in [-0.39, 0.29) is 4.11 Å². The summed E-state index contributed by atoms with van der Waals surface area (Å²) in [6.45, 7) is 1.79. The number of nitrogens with zero attached hydrogens (tertiary/aromatic N) is 1. The monoisotopic (exact) mass is 216 g/mol. The van der Waals surface area contributed by atoms with Crippen molar-refractivity contribution in [1.82, 2.24) is 5.23 Å². The Morgan fingerprint density at radius 1 is 1.86 bits per heavy atom. The normalized spacial score (nSPS) is 15.0. The fraction of sp³-hybridized carbons (Fsp3) is 1.00. The molecule has 0 spiro atoms. The molecule has 0 rings (SSSR count). The summed E-state index contributed by atoms with van der Waals surface area (Å²) in [5.74, 6) is 0. The van der Waals surface area contributed by atoms with Gasteiger partial charge >= 0.3 is 0 Å². The summed E-state index contributed by atoms with van der Waals surface area (Å²) < 4.78 is -0.0416. The van der Waals surface area contributed by atoms with Crippen LogP contribution in [0.25, 0.3) is 0 Å². The second-order valence-electron chi connectivity index (χ2n) is 1.09. The van der Waals surface area contributed by atoms with E-state index >= 15 is 0 Å². The van der Waals surface area contributed by atoms with E-state index in [1.807, 2.05) is 22.6 Å². The van der Waals surface area contributed by atoms with Crippen molar-refractivity contribution in [3.63, 3.8) is 0 Å². The molecule has 0 aliphatic rings. The number of halogens is 1. The Kier molecular flexibility index (Phi) is 3.91. The van der Waals surface area contributed by atoms with Gasteiger partial charge in [0.2, 0.25) is 0 Å². The standard InChI is InChI=1S/C3H7INO2/c1-3(4)7-5(2)6/h3H,1-2H3/q-1/t3-/m0/s1. The Bertz CT molecular complexity index is 42.2. The maximum atomic E-state index is 9.94. The molecule has 0 unspecified atom stereocenters. The third kappa shape index (κ3) is 6.61. The van der Waals surface area contributed by atoms with Crippen LogP contribution >= 0.6 is 22.6 Å². The molecule has 4 heteroatoms. The quantitative estimate of drug-likeness (QED) is 0.394. The van der Waals surface area contributed by atoms with E-state index in [0.717, 1.165) is 0 Å². The van der Waals surface area contributed by atoms with Gasteiger partial charge < -0.3 is 5.21 Å². The van der Waals surface area contributed by atoms with Crippen LogP contribution in [-0.2, 0) is 4.84 Å². The van der Waals surface area contributed by atoms with Crippen LogP contribution in [0.1, 0.15) is 6.92 Å². The third-order valence-electron chi connectivity index (χ3n) is 0.294. The number of hydrogen-bond donors (Lipinski definition) is 0. The van der Waals surface area contributed by atoms with E-state index < -0.39 is 0 Å². The van der Waals surface area contributed by atoms with Gasteiger partial charge in [-0.15, -0.1) is 0 Å². The molecule has 1 atom stereocenters. The Labute approximate surface area is 56.3 Å². The number of alkyl halides is 1. The van der Waals surface area contributed by atoms with Crippen molar-refractivity contribution in [3.8, 4) is 0 Å². The molecule has 0 heterocycles.